The van der Waals surface area contributed by atoms with Crippen LogP contribution in [0.3, 0.4) is 0 Å². The van der Waals surface area contributed by atoms with E-state index in [1.54, 1.807) is 6.07 Å². The van der Waals surface area contributed by atoms with Crippen molar-refractivity contribution in [3.8, 4) is 16.9 Å². The number of nitrogens with zero attached hydrogens (tertiary/aromatic N) is 2. The maximum atomic E-state index is 14.2. The highest BCUT2D eigenvalue weighted by Crippen LogP contribution is 2.29. The maximum absolute atomic E-state index is 14.2. The van der Waals surface area contributed by atoms with Crippen LogP contribution in [0.1, 0.15) is 28.8 Å². The van der Waals surface area contributed by atoms with Crippen LogP contribution < -0.4 is 15.4 Å². The van der Waals surface area contributed by atoms with Crippen molar-refractivity contribution in [2.24, 2.45) is 0 Å². The van der Waals surface area contributed by atoms with Crippen molar-refractivity contribution in [1.82, 2.24) is 20.4 Å². The Morgan fingerprint density at radius 2 is 1.70 bits per heavy atom. The van der Waals surface area contributed by atoms with Gasteiger partial charge in [0.15, 0.2) is 0 Å². The molecule has 2 aliphatic rings. The van der Waals surface area contributed by atoms with Crippen molar-refractivity contribution < 1.29 is 19.1 Å². The fourth-order valence-corrected chi connectivity index (χ4v) is 6.32. The highest BCUT2D eigenvalue weighted by molar-refractivity contribution is 6.01. The van der Waals surface area contributed by atoms with Gasteiger partial charge in [-0.1, -0.05) is 72.8 Å². The SMILES string of the molecule is CN(C)[C@H]1C[C@H]2COc3cccc(c3)-c3ccccc3C(=O)NCC[C@@H](NC(=O)Cc3cccc4ccccc34)C(=O)N2C1. The Labute approximate surface area is 258 Å². The van der Waals surface area contributed by atoms with E-state index in [-0.39, 0.29) is 49.2 Å². The number of likely N-dealkylation sites (N-methyl/N-ethyl adjacent to an activating group) is 1. The summed E-state index contributed by atoms with van der Waals surface area (Å²) in [5.41, 5.74) is 3.12. The van der Waals surface area contributed by atoms with Crippen LogP contribution in [-0.4, -0.2) is 79.4 Å². The Bertz CT molecular complexity index is 1680. The number of benzene rings is 4. The molecule has 1 saturated heterocycles. The van der Waals surface area contributed by atoms with Gasteiger partial charge in [0, 0.05) is 24.7 Å². The molecule has 6 rings (SSSR count). The summed E-state index contributed by atoms with van der Waals surface area (Å²) < 4.78 is 6.29. The molecule has 0 radical (unpaired) electrons. The van der Waals surface area contributed by atoms with E-state index in [1.807, 2.05) is 104 Å². The van der Waals surface area contributed by atoms with Crippen molar-refractivity contribution >= 4 is 28.5 Å². The number of ether oxygens (including phenoxy) is 1. The molecule has 3 atom stereocenters. The Morgan fingerprint density at radius 3 is 2.55 bits per heavy atom. The molecule has 4 aromatic rings. The molecule has 2 aliphatic heterocycles. The number of rotatable bonds is 4. The largest absolute Gasteiger partial charge is 0.491 e. The smallest absolute Gasteiger partial charge is 0.251 e. The summed E-state index contributed by atoms with van der Waals surface area (Å²) in [6.45, 7) is 1.09. The van der Waals surface area contributed by atoms with Gasteiger partial charge in [-0.3, -0.25) is 14.4 Å². The highest BCUT2D eigenvalue weighted by atomic mass is 16.5. The number of hydrogen-bond acceptors (Lipinski definition) is 5. The molecule has 0 aliphatic carbocycles. The van der Waals surface area contributed by atoms with Gasteiger partial charge in [0.2, 0.25) is 11.8 Å². The molecule has 0 spiro atoms. The second-order valence-corrected chi connectivity index (χ2v) is 11.9. The van der Waals surface area contributed by atoms with E-state index in [0.717, 1.165) is 33.9 Å². The molecule has 1 fully saturated rings. The van der Waals surface area contributed by atoms with E-state index in [4.69, 9.17) is 4.74 Å². The molecular formula is C36H38N4O4. The molecule has 2 heterocycles. The van der Waals surface area contributed by atoms with Crippen LogP contribution in [0.15, 0.2) is 91.0 Å². The lowest BCUT2D eigenvalue weighted by atomic mass is 9.99. The second kappa shape index (κ2) is 12.9. The van der Waals surface area contributed by atoms with Crippen LogP contribution in [-0.2, 0) is 16.0 Å². The fourth-order valence-electron chi connectivity index (χ4n) is 6.32. The summed E-state index contributed by atoms with van der Waals surface area (Å²) in [5.74, 6) is 0.0454. The van der Waals surface area contributed by atoms with Crippen LogP contribution in [0.2, 0.25) is 0 Å². The van der Waals surface area contributed by atoms with E-state index in [2.05, 4.69) is 15.5 Å². The van der Waals surface area contributed by atoms with Crippen molar-refractivity contribution in [3.05, 3.63) is 102 Å². The van der Waals surface area contributed by atoms with E-state index < -0.39 is 6.04 Å². The van der Waals surface area contributed by atoms with Gasteiger partial charge in [-0.25, -0.2) is 0 Å². The lowest BCUT2D eigenvalue weighted by Gasteiger charge is -2.29. The monoisotopic (exact) mass is 590 g/mol. The summed E-state index contributed by atoms with van der Waals surface area (Å²) >= 11 is 0. The van der Waals surface area contributed by atoms with Crippen LogP contribution in [0.4, 0.5) is 0 Å². The first-order valence-electron chi connectivity index (χ1n) is 15.2. The normalized spacial score (nSPS) is 20.6. The molecule has 2 N–H and O–H groups in total. The van der Waals surface area contributed by atoms with Crippen LogP contribution in [0.25, 0.3) is 21.9 Å². The minimum atomic E-state index is -0.803. The van der Waals surface area contributed by atoms with Gasteiger partial charge in [-0.15, -0.1) is 0 Å². The first-order valence-corrected chi connectivity index (χ1v) is 15.2. The third-order valence-electron chi connectivity index (χ3n) is 8.75. The highest BCUT2D eigenvalue weighted by Gasteiger charge is 2.39. The molecule has 0 unspecified atom stereocenters. The Balaban J connectivity index is 1.29. The third kappa shape index (κ3) is 6.31. The Hall–Kier alpha value is -4.69. The van der Waals surface area contributed by atoms with E-state index in [0.29, 0.717) is 24.5 Å². The quantitative estimate of drug-likeness (QED) is 0.371. The zero-order valence-electron chi connectivity index (χ0n) is 25.2. The number of carbonyl (C=O) groups is 3. The van der Waals surface area contributed by atoms with E-state index >= 15 is 0 Å². The fraction of sp³-hybridized carbons (Fsp3) is 0.306. The van der Waals surface area contributed by atoms with Gasteiger partial charge in [-0.2, -0.15) is 0 Å². The van der Waals surface area contributed by atoms with Crippen LogP contribution in [0, 0.1) is 0 Å². The third-order valence-corrected chi connectivity index (χ3v) is 8.75. The van der Waals surface area contributed by atoms with E-state index in [9.17, 15) is 14.4 Å². The molecule has 226 valence electrons. The van der Waals surface area contributed by atoms with Gasteiger partial charge >= 0.3 is 0 Å². The first-order chi connectivity index (χ1) is 21.4. The van der Waals surface area contributed by atoms with Crippen LogP contribution >= 0.6 is 0 Å². The molecule has 0 aromatic heterocycles. The Morgan fingerprint density at radius 1 is 0.955 bits per heavy atom. The molecule has 8 nitrogen and oxygen atoms in total. The van der Waals surface area contributed by atoms with Gasteiger partial charge in [0.1, 0.15) is 18.4 Å². The second-order valence-electron chi connectivity index (χ2n) is 11.9. The van der Waals surface area contributed by atoms with E-state index in [1.165, 1.54) is 0 Å². The summed E-state index contributed by atoms with van der Waals surface area (Å²) in [7, 11) is 4.03. The zero-order valence-corrected chi connectivity index (χ0v) is 25.2. The van der Waals surface area contributed by atoms with Gasteiger partial charge in [-0.05, 0) is 72.6 Å². The number of hydrogen-bond donors (Lipinski definition) is 2. The summed E-state index contributed by atoms with van der Waals surface area (Å²) in [5, 5.41) is 8.11. The average Bonchev–Trinajstić information content (AvgIpc) is 3.47. The molecule has 0 saturated carbocycles. The van der Waals surface area contributed by atoms with Gasteiger partial charge in [0.25, 0.3) is 5.91 Å². The number of carbonyl (C=O) groups excluding carboxylic acids is 3. The number of fused-ring (bicyclic) bond motifs is 6. The Kier molecular flexibility index (Phi) is 8.61. The average molecular weight is 591 g/mol. The van der Waals surface area contributed by atoms with Gasteiger partial charge in [0.05, 0.1) is 12.5 Å². The molecule has 2 bridgehead atoms. The summed E-state index contributed by atoms with van der Waals surface area (Å²) in [6, 6.07) is 28.2. The standard InChI is InChI=1S/C36H38N4O4/c1-39(2)27-21-28-23-44-29-13-8-12-25(19-29)31-15-5-6-16-32(31)35(42)37-18-17-33(36(43)40(28)22-27)38-34(41)20-26-11-7-10-24-9-3-4-14-30(24)26/h3-16,19,27-28,33H,17-18,20-23H2,1-2H3,(H,37,42)(H,38,41)/t27-,28-,33+/m0/s1. The topological polar surface area (TPSA) is 91.0 Å². The summed E-state index contributed by atoms with van der Waals surface area (Å²) in [6.07, 6.45) is 1.17. The minimum absolute atomic E-state index is 0.146. The molecule has 44 heavy (non-hydrogen) atoms. The lowest BCUT2D eigenvalue weighted by molar-refractivity contribution is -0.137. The maximum Gasteiger partial charge on any atom is 0.251 e. The van der Waals surface area contributed by atoms with Crippen molar-refractivity contribution in [2.45, 2.75) is 37.4 Å². The lowest BCUT2D eigenvalue weighted by Crippen LogP contribution is -2.52. The van der Waals surface area contributed by atoms with Crippen LogP contribution in [0.5, 0.6) is 5.75 Å². The summed E-state index contributed by atoms with van der Waals surface area (Å²) in [4.78, 5) is 45.1. The first kappa shape index (κ1) is 29.4. The van der Waals surface area contributed by atoms with Crippen molar-refractivity contribution in [1.29, 1.82) is 0 Å². The van der Waals surface area contributed by atoms with Crippen molar-refractivity contribution in [2.75, 3.05) is 33.8 Å². The number of nitrogens with one attached hydrogen (secondary N) is 2. The molecule has 8 heteroatoms. The van der Waals surface area contributed by atoms with Gasteiger partial charge < -0.3 is 25.2 Å². The number of amides is 3. The van der Waals surface area contributed by atoms with Crippen molar-refractivity contribution in [3.63, 3.8) is 0 Å². The molecule has 3 amide bonds. The minimum Gasteiger partial charge on any atom is -0.491 e. The molecule has 4 aromatic carbocycles. The molecular weight excluding hydrogens is 552 g/mol. The zero-order chi connectivity index (χ0) is 30.6. The predicted molar refractivity (Wildman–Crippen MR) is 171 cm³/mol. The predicted octanol–water partition coefficient (Wildman–Crippen LogP) is 4.28.